The number of hydrogen-bond donors (Lipinski definition) is 1. The van der Waals surface area contributed by atoms with E-state index < -0.39 is 34.7 Å². The monoisotopic (exact) mass is 341 g/mol. The molecule has 0 amide bonds. The van der Waals surface area contributed by atoms with Gasteiger partial charge in [-0.25, -0.2) is 25.9 Å². The summed E-state index contributed by atoms with van der Waals surface area (Å²) in [5.74, 6) is -1.14. The Morgan fingerprint density at radius 1 is 1.15 bits per heavy atom. The molecule has 2 rings (SSSR count). The lowest BCUT2D eigenvalue weighted by Gasteiger charge is -2.13. The van der Waals surface area contributed by atoms with Crippen molar-refractivity contribution in [1.29, 1.82) is 0 Å². The lowest BCUT2D eigenvalue weighted by molar-refractivity contribution is 0.535. The molecule has 1 aromatic carbocycles. The van der Waals surface area contributed by atoms with Crippen molar-refractivity contribution >= 4 is 29.8 Å². The third kappa shape index (κ3) is 3.49. The van der Waals surface area contributed by atoms with Crippen LogP contribution < -0.4 is 4.72 Å². The third-order valence-corrected chi connectivity index (χ3v) is 6.06. The average Bonchev–Trinajstić information content (AvgIpc) is 2.79. The summed E-state index contributed by atoms with van der Waals surface area (Å²) in [6.45, 7) is 0. The Morgan fingerprint density at radius 2 is 1.75 bits per heavy atom. The Morgan fingerprint density at radius 3 is 2.25 bits per heavy atom. The van der Waals surface area contributed by atoms with E-state index in [9.17, 15) is 21.2 Å². The van der Waals surface area contributed by atoms with Crippen LogP contribution in [-0.4, -0.2) is 22.9 Å². The average molecular weight is 342 g/mol. The van der Waals surface area contributed by atoms with E-state index in [1.807, 2.05) is 0 Å². The van der Waals surface area contributed by atoms with Gasteiger partial charge in [0.05, 0.1) is 4.90 Å². The largest absolute Gasteiger partial charge is 0.261 e. The second kappa shape index (κ2) is 5.59. The highest BCUT2D eigenvalue weighted by Gasteiger charge is 2.26. The van der Waals surface area contributed by atoms with Crippen molar-refractivity contribution in [1.82, 2.24) is 4.72 Å². The normalized spacial score (nSPS) is 17.5. The molecular formula is C11H13ClFNO4S2. The minimum atomic E-state index is -4.09. The summed E-state index contributed by atoms with van der Waals surface area (Å²) in [5, 5.41) is 0. The summed E-state index contributed by atoms with van der Waals surface area (Å²) < 4.78 is 62.4. The number of rotatable bonds is 4. The Kier molecular flexibility index (Phi) is 4.38. The van der Waals surface area contributed by atoms with E-state index in [4.69, 9.17) is 10.7 Å². The number of benzene rings is 1. The molecule has 1 aliphatic rings. The van der Waals surface area contributed by atoms with Gasteiger partial charge in [-0.05, 0) is 31.0 Å². The fourth-order valence-corrected chi connectivity index (χ4v) is 4.30. The van der Waals surface area contributed by atoms with Crippen molar-refractivity contribution in [2.75, 3.05) is 0 Å². The van der Waals surface area contributed by atoms with Crippen molar-refractivity contribution in [3.63, 3.8) is 0 Å². The van der Waals surface area contributed by atoms with E-state index in [0.29, 0.717) is 6.07 Å². The first-order valence-corrected chi connectivity index (χ1v) is 9.76. The van der Waals surface area contributed by atoms with Crippen molar-refractivity contribution in [3.8, 4) is 0 Å². The SMILES string of the molecule is O=S(=O)(Cl)c1ccc(S(=O)(=O)NC2CCCC2)c(F)c1. The van der Waals surface area contributed by atoms with Gasteiger partial charge in [0.25, 0.3) is 9.05 Å². The van der Waals surface area contributed by atoms with Gasteiger partial charge >= 0.3 is 0 Å². The van der Waals surface area contributed by atoms with Crippen LogP contribution in [0.2, 0.25) is 0 Å². The molecular weight excluding hydrogens is 329 g/mol. The summed E-state index contributed by atoms with van der Waals surface area (Å²) in [6, 6.07) is 2.28. The Balaban J connectivity index is 2.32. The first-order chi connectivity index (χ1) is 9.20. The first kappa shape index (κ1) is 15.7. The molecule has 112 valence electrons. The smallest absolute Gasteiger partial charge is 0.208 e. The number of sulfonamides is 1. The molecule has 20 heavy (non-hydrogen) atoms. The molecule has 0 aliphatic heterocycles. The van der Waals surface area contributed by atoms with E-state index in [0.717, 1.165) is 37.8 Å². The highest BCUT2D eigenvalue weighted by atomic mass is 35.7. The molecule has 0 atom stereocenters. The standard InChI is InChI=1S/C11H13ClFNO4S2/c12-19(15,16)9-5-6-11(10(13)7-9)20(17,18)14-8-3-1-2-4-8/h5-8,14H,1-4H2. The quantitative estimate of drug-likeness (QED) is 0.849. The van der Waals surface area contributed by atoms with Gasteiger partial charge in [0, 0.05) is 16.7 Å². The summed E-state index contributed by atoms with van der Waals surface area (Å²) >= 11 is 0. The second-order valence-corrected chi connectivity index (χ2v) is 8.88. The number of hydrogen-bond acceptors (Lipinski definition) is 4. The molecule has 0 heterocycles. The zero-order valence-electron chi connectivity index (χ0n) is 10.3. The zero-order chi connectivity index (χ0) is 15.0. The minimum Gasteiger partial charge on any atom is -0.208 e. The molecule has 0 bridgehead atoms. The molecule has 1 fully saturated rings. The van der Waals surface area contributed by atoms with Gasteiger partial charge in [-0.3, -0.25) is 0 Å². The summed E-state index contributed by atoms with van der Waals surface area (Å²) in [6.07, 6.45) is 3.29. The Bertz CT molecular complexity index is 712. The molecule has 0 unspecified atom stereocenters. The molecule has 0 spiro atoms. The Hall–Kier alpha value is -0.700. The van der Waals surface area contributed by atoms with Crippen LogP contribution in [0.15, 0.2) is 28.0 Å². The summed E-state index contributed by atoms with van der Waals surface area (Å²) in [7, 11) is -3.02. The van der Waals surface area contributed by atoms with E-state index in [1.165, 1.54) is 0 Å². The highest BCUT2D eigenvalue weighted by molar-refractivity contribution is 8.13. The van der Waals surface area contributed by atoms with Crippen LogP contribution in [0.3, 0.4) is 0 Å². The van der Waals surface area contributed by atoms with Crippen molar-refractivity contribution in [3.05, 3.63) is 24.0 Å². The van der Waals surface area contributed by atoms with Crippen LogP contribution in [0.4, 0.5) is 4.39 Å². The van der Waals surface area contributed by atoms with Gasteiger partial charge < -0.3 is 0 Å². The predicted octanol–water partition coefficient (Wildman–Crippen LogP) is 1.97. The Labute approximate surface area is 121 Å². The van der Waals surface area contributed by atoms with Crippen LogP contribution >= 0.6 is 10.7 Å². The third-order valence-electron chi connectivity index (χ3n) is 3.15. The molecule has 1 aliphatic carbocycles. The molecule has 5 nitrogen and oxygen atoms in total. The minimum absolute atomic E-state index is 0.198. The maximum atomic E-state index is 13.8. The molecule has 0 saturated heterocycles. The van der Waals surface area contributed by atoms with Gasteiger partial charge in [0.2, 0.25) is 10.0 Å². The van der Waals surface area contributed by atoms with Gasteiger partial charge in [-0.2, -0.15) is 0 Å². The van der Waals surface area contributed by atoms with E-state index in [1.54, 1.807) is 0 Å². The van der Waals surface area contributed by atoms with Crippen molar-refractivity contribution < 1.29 is 21.2 Å². The maximum absolute atomic E-state index is 13.8. The first-order valence-electron chi connectivity index (χ1n) is 5.97. The lowest BCUT2D eigenvalue weighted by Crippen LogP contribution is -2.33. The van der Waals surface area contributed by atoms with Gasteiger partial charge in [-0.1, -0.05) is 12.8 Å². The van der Waals surface area contributed by atoms with Gasteiger partial charge in [-0.15, -0.1) is 0 Å². The highest BCUT2D eigenvalue weighted by Crippen LogP contribution is 2.24. The van der Waals surface area contributed by atoms with E-state index in [-0.39, 0.29) is 6.04 Å². The molecule has 1 saturated carbocycles. The van der Waals surface area contributed by atoms with Crippen LogP contribution in [0.25, 0.3) is 0 Å². The van der Waals surface area contributed by atoms with Crippen molar-refractivity contribution in [2.45, 2.75) is 41.5 Å². The second-order valence-electron chi connectivity index (χ2n) is 4.63. The van der Waals surface area contributed by atoms with Crippen molar-refractivity contribution in [2.24, 2.45) is 0 Å². The van der Waals surface area contributed by atoms with Gasteiger partial charge in [0.1, 0.15) is 10.7 Å². The summed E-state index contributed by atoms with van der Waals surface area (Å²) in [5.41, 5.74) is 0. The fraction of sp³-hybridized carbons (Fsp3) is 0.455. The molecule has 0 radical (unpaired) electrons. The predicted molar refractivity (Wildman–Crippen MR) is 72.0 cm³/mol. The zero-order valence-corrected chi connectivity index (χ0v) is 12.7. The molecule has 1 N–H and O–H groups in total. The molecule has 9 heteroatoms. The van der Waals surface area contributed by atoms with Crippen LogP contribution in [-0.2, 0) is 19.1 Å². The van der Waals surface area contributed by atoms with Crippen LogP contribution in [0.1, 0.15) is 25.7 Å². The van der Waals surface area contributed by atoms with Crippen LogP contribution in [0, 0.1) is 5.82 Å². The number of nitrogens with one attached hydrogen (secondary N) is 1. The van der Waals surface area contributed by atoms with E-state index >= 15 is 0 Å². The van der Waals surface area contributed by atoms with Gasteiger partial charge in [0.15, 0.2) is 0 Å². The number of halogens is 2. The topological polar surface area (TPSA) is 80.3 Å². The molecule has 1 aromatic rings. The molecule has 0 aromatic heterocycles. The fourth-order valence-electron chi connectivity index (χ4n) is 2.18. The lowest BCUT2D eigenvalue weighted by atomic mass is 10.3. The maximum Gasteiger partial charge on any atom is 0.261 e. The van der Waals surface area contributed by atoms with Crippen LogP contribution in [0.5, 0.6) is 0 Å². The van der Waals surface area contributed by atoms with E-state index in [2.05, 4.69) is 4.72 Å². The summed E-state index contributed by atoms with van der Waals surface area (Å²) in [4.78, 5) is -1.05.